The van der Waals surface area contributed by atoms with Crippen molar-refractivity contribution in [3.8, 4) is 0 Å². The molecule has 0 aromatic heterocycles. The van der Waals surface area contributed by atoms with Gasteiger partial charge in [-0.1, -0.05) is 6.92 Å². The number of hydrogen-bond donors (Lipinski definition) is 1. The Hall–Kier alpha value is -1.66. The van der Waals surface area contributed by atoms with E-state index in [0.717, 1.165) is 44.5 Å². The van der Waals surface area contributed by atoms with E-state index in [0.29, 0.717) is 12.2 Å². The summed E-state index contributed by atoms with van der Waals surface area (Å²) in [6, 6.07) is 4.64. The van der Waals surface area contributed by atoms with Crippen LogP contribution >= 0.6 is 0 Å². The molecule has 21 heavy (non-hydrogen) atoms. The SMILES string of the molecule is CCCOC1CCCN(Cc2cc([N+](=O)[O-])ccc2N)C1. The van der Waals surface area contributed by atoms with Gasteiger partial charge in [0.15, 0.2) is 0 Å². The van der Waals surface area contributed by atoms with Gasteiger partial charge in [-0.2, -0.15) is 0 Å². The fourth-order valence-electron chi connectivity index (χ4n) is 2.66. The third kappa shape index (κ3) is 4.41. The quantitative estimate of drug-likeness (QED) is 0.495. The molecule has 0 aliphatic carbocycles. The minimum atomic E-state index is -0.383. The van der Waals surface area contributed by atoms with Crippen LogP contribution in [0.15, 0.2) is 18.2 Å². The molecule has 6 heteroatoms. The first kappa shape index (κ1) is 15.7. The monoisotopic (exact) mass is 293 g/mol. The van der Waals surface area contributed by atoms with E-state index >= 15 is 0 Å². The molecule has 1 fully saturated rings. The number of nitro groups is 1. The Morgan fingerprint density at radius 3 is 3.05 bits per heavy atom. The average molecular weight is 293 g/mol. The van der Waals surface area contributed by atoms with Gasteiger partial charge < -0.3 is 10.5 Å². The largest absolute Gasteiger partial charge is 0.398 e. The van der Waals surface area contributed by atoms with Crippen molar-refractivity contribution in [2.24, 2.45) is 0 Å². The Balaban J connectivity index is 2.00. The van der Waals surface area contributed by atoms with Gasteiger partial charge in [-0.15, -0.1) is 0 Å². The van der Waals surface area contributed by atoms with Crippen molar-refractivity contribution in [3.05, 3.63) is 33.9 Å². The fourth-order valence-corrected chi connectivity index (χ4v) is 2.66. The normalized spacial score (nSPS) is 19.6. The van der Waals surface area contributed by atoms with Gasteiger partial charge in [-0.25, -0.2) is 0 Å². The lowest BCUT2D eigenvalue weighted by atomic mass is 10.1. The smallest absolute Gasteiger partial charge is 0.269 e. The maximum absolute atomic E-state index is 10.9. The first-order valence-corrected chi connectivity index (χ1v) is 7.47. The molecule has 1 aromatic rings. The van der Waals surface area contributed by atoms with Crippen LogP contribution in [0.1, 0.15) is 31.7 Å². The number of rotatable bonds is 6. The van der Waals surface area contributed by atoms with E-state index in [1.165, 1.54) is 6.07 Å². The number of non-ortho nitro benzene ring substituents is 1. The average Bonchev–Trinajstić information content (AvgIpc) is 2.47. The van der Waals surface area contributed by atoms with Crippen LogP contribution in [0.5, 0.6) is 0 Å². The summed E-state index contributed by atoms with van der Waals surface area (Å²) in [6.45, 7) is 5.37. The van der Waals surface area contributed by atoms with Crippen molar-refractivity contribution in [1.82, 2.24) is 4.90 Å². The zero-order valence-electron chi connectivity index (χ0n) is 12.5. The maximum atomic E-state index is 10.9. The molecular weight excluding hydrogens is 270 g/mol. The molecule has 1 aliphatic rings. The van der Waals surface area contributed by atoms with Crippen molar-refractivity contribution in [1.29, 1.82) is 0 Å². The van der Waals surface area contributed by atoms with E-state index in [2.05, 4.69) is 11.8 Å². The van der Waals surface area contributed by atoms with Gasteiger partial charge in [0, 0.05) is 37.5 Å². The number of piperidine rings is 1. The number of nitrogen functional groups attached to an aromatic ring is 1. The highest BCUT2D eigenvalue weighted by atomic mass is 16.6. The number of nitrogens with zero attached hydrogens (tertiary/aromatic N) is 2. The van der Waals surface area contributed by atoms with Gasteiger partial charge in [0.25, 0.3) is 5.69 Å². The molecule has 6 nitrogen and oxygen atoms in total. The zero-order chi connectivity index (χ0) is 15.2. The summed E-state index contributed by atoms with van der Waals surface area (Å²) in [4.78, 5) is 12.7. The van der Waals surface area contributed by atoms with Gasteiger partial charge in [0.05, 0.1) is 11.0 Å². The number of nitrogens with two attached hydrogens (primary N) is 1. The molecule has 1 saturated heterocycles. The second-order valence-electron chi connectivity index (χ2n) is 5.51. The van der Waals surface area contributed by atoms with Crippen molar-refractivity contribution in [2.45, 2.75) is 38.8 Å². The van der Waals surface area contributed by atoms with Crippen molar-refractivity contribution < 1.29 is 9.66 Å². The van der Waals surface area contributed by atoms with E-state index in [9.17, 15) is 10.1 Å². The van der Waals surface area contributed by atoms with Gasteiger partial charge in [0.2, 0.25) is 0 Å². The molecule has 1 heterocycles. The van der Waals surface area contributed by atoms with Crippen LogP contribution in [0.3, 0.4) is 0 Å². The minimum Gasteiger partial charge on any atom is -0.398 e. The molecule has 2 rings (SSSR count). The van der Waals surface area contributed by atoms with Crippen molar-refractivity contribution in [2.75, 3.05) is 25.4 Å². The van der Waals surface area contributed by atoms with Crippen LogP contribution in [-0.2, 0) is 11.3 Å². The number of likely N-dealkylation sites (tertiary alicyclic amines) is 1. The molecule has 0 spiro atoms. The van der Waals surface area contributed by atoms with Crippen LogP contribution in [0, 0.1) is 10.1 Å². The molecule has 1 aliphatic heterocycles. The number of benzene rings is 1. The van der Waals surface area contributed by atoms with Crippen LogP contribution in [0.2, 0.25) is 0 Å². The summed E-state index contributed by atoms with van der Waals surface area (Å²) in [5, 5.41) is 10.9. The lowest BCUT2D eigenvalue weighted by Gasteiger charge is -2.32. The number of anilines is 1. The molecular formula is C15H23N3O3. The van der Waals surface area contributed by atoms with E-state index in [1.54, 1.807) is 12.1 Å². The van der Waals surface area contributed by atoms with Crippen molar-refractivity contribution >= 4 is 11.4 Å². The lowest BCUT2D eigenvalue weighted by Crippen LogP contribution is -2.39. The topological polar surface area (TPSA) is 81.6 Å². The van der Waals surface area contributed by atoms with E-state index in [1.807, 2.05) is 0 Å². The first-order chi connectivity index (χ1) is 10.1. The highest BCUT2D eigenvalue weighted by molar-refractivity contribution is 5.52. The van der Waals surface area contributed by atoms with Gasteiger partial charge in [-0.3, -0.25) is 15.0 Å². The third-order valence-electron chi connectivity index (χ3n) is 3.75. The predicted molar refractivity (Wildman–Crippen MR) is 82.1 cm³/mol. The van der Waals surface area contributed by atoms with Gasteiger partial charge in [0.1, 0.15) is 0 Å². The summed E-state index contributed by atoms with van der Waals surface area (Å²) in [5.74, 6) is 0. The molecule has 1 aromatic carbocycles. The summed E-state index contributed by atoms with van der Waals surface area (Å²) >= 11 is 0. The van der Waals surface area contributed by atoms with Crippen molar-refractivity contribution in [3.63, 3.8) is 0 Å². The highest BCUT2D eigenvalue weighted by Gasteiger charge is 2.21. The zero-order valence-corrected chi connectivity index (χ0v) is 12.5. The standard InChI is InChI=1S/C15H23N3O3/c1-2-8-21-14-4-3-7-17(11-14)10-12-9-13(18(19)20)5-6-15(12)16/h5-6,9,14H,2-4,7-8,10-11,16H2,1H3. The second kappa shape index (κ2) is 7.38. The Kier molecular flexibility index (Phi) is 5.52. The molecule has 0 amide bonds. The number of hydrogen-bond acceptors (Lipinski definition) is 5. The summed E-state index contributed by atoms with van der Waals surface area (Å²) < 4.78 is 5.81. The van der Waals surface area contributed by atoms with Crippen LogP contribution < -0.4 is 5.73 Å². The van der Waals surface area contributed by atoms with E-state index in [-0.39, 0.29) is 16.7 Å². The summed E-state index contributed by atoms with van der Waals surface area (Å²) in [7, 11) is 0. The van der Waals surface area contributed by atoms with Gasteiger partial charge in [-0.05, 0) is 37.4 Å². The molecule has 1 atom stereocenters. The summed E-state index contributed by atoms with van der Waals surface area (Å²) in [5.41, 5.74) is 7.46. The third-order valence-corrected chi connectivity index (χ3v) is 3.75. The summed E-state index contributed by atoms with van der Waals surface area (Å²) in [6.07, 6.45) is 3.46. The predicted octanol–water partition coefficient (Wildman–Crippen LogP) is 2.57. The first-order valence-electron chi connectivity index (χ1n) is 7.47. The lowest BCUT2D eigenvalue weighted by molar-refractivity contribution is -0.384. The Morgan fingerprint density at radius 1 is 1.52 bits per heavy atom. The Morgan fingerprint density at radius 2 is 2.33 bits per heavy atom. The van der Waals surface area contributed by atoms with Crippen LogP contribution in [0.4, 0.5) is 11.4 Å². The highest BCUT2D eigenvalue weighted by Crippen LogP contribution is 2.23. The van der Waals surface area contributed by atoms with Crippen LogP contribution in [0.25, 0.3) is 0 Å². The number of ether oxygens (including phenoxy) is 1. The Bertz CT molecular complexity index is 493. The number of nitro benzene ring substituents is 1. The van der Waals surface area contributed by atoms with Crippen LogP contribution in [-0.4, -0.2) is 35.6 Å². The van der Waals surface area contributed by atoms with Gasteiger partial charge >= 0.3 is 0 Å². The maximum Gasteiger partial charge on any atom is 0.269 e. The molecule has 2 N–H and O–H groups in total. The fraction of sp³-hybridized carbons (Fsp3) is 0.600. The molecule has 0 saturated carbocycles. The second-order valence-corrected chi connectivity index (χ2v) is 5.51. The van der Waals surface area contributed by atoms with E-state index in [4.69, 9.17) is 10.5 Å². The van der Waals surface area contributed by atoms with E-state index < -0.39 is 0 Å². The Labute approximate surface area is 125 Å². The molecule has 0 radical (unpaired) electrons. The molecule has 116 valence electrons. The molecule has 0 bridgehead atoms. The molecule has 1 unspecified atom stereocenters. The minimum absolute atomic E-state index is 0.0926.